The molecule has 31 heavy (non-hydrogen) atoms. The predicted octanol–water partition coefficient (Wildman–Crippen LogP) is 2.23. The number of rotatable bonds is 9. The number of ether oxygens (including phenoxy) is 1. The number of halogens is 1. The molecule has 0 aliphatic carbocycles. The molecule has 4 rings (SSSR count). The fourth-order valence-electron chi connectivity index (χ4n) is 3.54. The smallest absolute Gasteiger partial charge is 0.332 e. The summed E-state index contributed by atoms with van der Waals surface area (Å²) >= 11 is 5.95. The fourth-order valence-corrected chi connectivity index (χ4v) is 3.72. The fraction of sp³-hybridized carbons (Fsp3) is 0.579. The van der Waals surface area contributed by atoms with E-state index in [1.165, 1.54) is 15.5 Å². The zero-order chi connectivity index (χ0) is 22.0. The molecule has 11 nitrogen and oxygen atoms in total. The van der Waals surface area contributed by atoms with E-state index < -0.39 is 5.56 Å². The van der Waals surface area contributed by atoms with Gasteiger partial charge in [-0.2, -0.15) is 9.97 Å². The Hall–Kier alpha value is -2.95. The molecule has 166 valence electrons. The van der Waals surface area contributed by atoms with Gasteiger partial charge in [0.05, 0.1) is 6.04 Å². The number of aliphatic imine (C=N–C) groups is 1. The van der Waals surface area contributed by atoms with Crippen molar-refractivity contribution in [1.29, 1.82) is 0 Å². The van der Waals surface area contributed by atoms with Crippen molar-refractivity contribution in [3.05, 3.63) is 37.8 Å². The first kappa shape index (κ1) is 21.3. The number of aromatic amines is 1. The average molecular weight is 450 g/mol. The van der Waals surface area contributed by atoms with Gasteiger partial charge in [0.2, 0.25) is 11.4 Å². The number of nitrogens with one attached hydrogen (secondary N) is 1. The third kappa shape index (κ3) is 4.27. The van der Waals surface area contributed by atoms with E-state index in [4.69, 9.17) is 20.9 Å². The van der Waals surface area contributed by atoms with Crippen LogP contribution in [0.4, 0.5) is 0 Å². The van der Waals surface area contributed by atoms with Gasteiger partial charge in [-0.3, -0.25) is 18.9 Å². The van der Waals surface area contributed by atoms with Gasteiger partial charge in [-0.25, -0.2) is 4.79 Å². The number of aromatic nitrogens is 6. The maximum Gasteiger partial charge on any atom is 0.332 e. The number of imidazole rings is 1. The van der Waals surface area contributed by atoms with Crippen LogP contribution in [0.15, 0.2) is 19.1 Å². The van der Waals surface area contributed by atoms with E-state index in [1.54, 1.807) is 0 Å². The Kier molecular flexibility index (Phi) is 6.21. The molecule has 4 heterocycles. The zero-order valence-electron chi connectivity index (χ0n) is 17.4. The molecule has 0 saturated heterocycles. The maximum atomic E-state index is 12.9. The average Bonchev–Trinajstić information content (AvgIpc) is 3.47. The molecule has 2 atom stereocenters. The molecule has 1 N–H and O–H groups in total. The lowest BCUT2D eigenvalue weighted by Crippen LogP contribution is -2.40. The molecule has 12 heteroatoms. The van der Waals surface area contributed by atoms with Crippen molar-refractivity contribution in [2.75, 3.05) is 0 Å². The molecule has 2 unspecified atom stereocenters. The maximum absolute atomic E-state index is 12.9. The lowest BCUT2D eigenvalue weighted by atomic mass is 10.2. The molecule has 3 aromatic heterocycles. The highest BCUT2D eigenvalue weighted by molar-refractivity contribution is 6.28. The van der Waals surface area contributed by atoms with Gasteiger partial charge in [0.25, 0.3) is 11.4 Å². The van der Waals surface area contributed by atoms with Crippen LogP contribution in [0, 0.1) is 0 Å². The molecule has 0 spiro atoms. The summed E-state index contributed by atoms with van der Waals surface area (Å²) in [5, 5.41) is 4.07. The van der Waals surface area contributed by atoms with Crippen LogP contribution in [-0.4, -0.2) is 41.7 Å². The molecule has 0 aromatic carbocycles. The highest BCUT2D eigenvalue weighted by Gasteiger charge is 2.29. The van der Waals surface area contributed by atoms with Crippen LogP contribution in [-0.2, 0) is 24.2 Å². The number of aryl methyl sites for hydroxylation is 2. The molecular formula is C19H24ClN7O4. The Labute approximate surface area is 182 Å². The Morgan fingerprint density at radius 3 is 2.71 bits per heavy atom. The summed E-state index contributed by atoms with van der Waals surface area (Å²) in [5.41, 5.74) is -0.238. The summed E-state index contributed by atoms with van der Waals surface area (Å²) in [7, 11) is 0. The van der Waals surface area contributed by atoms with Gasteiger partial charge in [0, 0.05) is 19.5 Å². The van der Waals surface area contributed by atoms with Crippen molar-refractivity contribution >= 4 is 29.2 Å². The number of nitrogens with zero attached hydrogens (tertiary/aromatic N) is 6. The van der Waals surface area contributed by atoms with Gasteiger partial charge >= 0.3 is 5.69 Å². The van der Waals surface area contributed by atoms with Crippen LogP contribution in [0.25, 0.3) is 11.2 Å². The predicted molar refractivity (Wildman–Crippen MR) is 114 cm³/mol. The van der Waals surface area contributed by atoms with Gasteiger partial charge in [-0.15, -0.1) is 0 Å². The van der Waals surface area contributed by atoms with Crippen molar-refractivity contribution < 1.29 is 9.26 Å². The number of hydrogen-bond donors (Lipinski definition) is 1. The first-order chi connectivity index (χ1) is 15.0. The monoisotopic (exact) mass is 449 g/mol. The van der Waals surface area contributed by atoms with E-state index in [1.807, 2.05) is 13.8 Å². The first-order valence-corrected chi connectivity index (χ1v) is 10.8. The van der Waals surface area contributed by atoms with E-state index in [0.29, 0.717) is 43.2 Å². The molecule has 1 aliphatic heterocycles. The van der Waals surface area contributed by atoms with Crippen LogP contribution in [0.3, 0.4) is 0 Å². The third-order valence-corrected chi connectivity index (χ3v) is 5.45. The Morgan fingerprint density at radius 2 is 1.97 bits per heavy atom. The quantitative estimate of drug-likeness (QED) is 0.391. The minimum atomic E-state index is -0.415. The Bertz CT molecular complexity index is 1210. The second-order valence-corrected chi connectivity index (χ2v) is 7.89. The third-order valence-electron chi connectivity index (χ3n) is 5.27. The van der Waals surface area contributed by atoms with Gasteiger partial charge < -0.3 is 14.2 Å². The molecule has 0 amide bonds. The van der Waals surface area contributed by atoms with Crippen LogP contribution in [0.2, 0.25) is 5.28 Å². The summed E-state index contributed by atoms with van der Waals surface area (Å²) < 4.78 is 13.4. The zero-order valence-corrected chi connectivity index (χ0v) is 18.1. The van der Waals surface area contributed by atoms with Gasteiger partial charge in [-0.1, -0.05) is 18.5 Å². The SMILES string of the molecule is CCCCn1c(=O)n(CCCCc2noc(C3OC=NC3C)n2)c(=O)c2[nH]c(Cl)nc21. The highest BCUT2D eigenvalue weighted by atomic mass is 35.5. The molecule has 0 saturated carbocycles. The van der Waals surface area contributed by atoms with Crippen molar-refractivity contribution in [1.82, 2.24) is 29.2 Å². The van der Waals surface area contributed by atoms with Crippen molar-refractivity contribution in [2.24, 2.45) is 4.99 Å². The topological polar surface area (TPSA) is 133 Å². The highest BCUT2D eigenvalue weighted by Crippen LogP contribution is 2.25. The minimum absolute atomic E-state index is 0.0686. The summed E-state index contributed by atoms with van der Waals surface area (Å²) in [6, 6.07) is -0.0686. The Morgan fingerprint density at radius 1 is 1.16 bits per heavy atom. The van der Waals surface area contributed by atoms with Crippen molar-refractivity contribution in [3.63, 3.8) is 0 Å². The molecule has 1 aliphatic rings. The van der Waals surface area contributed by atoms with Crippen molar-refractivity contribution in [3.8, 4) is 0 Å². The summed E-state index contributed by atoms with van der Waals surface area (Å²) in [6.45, 7) is 4.69. The van der Waals surface area contributed by atoms with Crippen LogP contribution in [0.1, 0.15) is 57.3 Å². The molecule has 0 radical (unpaired) electrons. The van der Waals surface area contributed by atoms with Gasteiger partial charge in [-0.05, 0) is 37.8 Å². The number of hydrogen-bond acceptors (Lipinski definition) is 8. The standard InChI is InChI=1S/C19H24ClN7O4/c1-3-4-8-26-15-13(23-18(20)24-15)17(28)27(19(26)29)9-6-5-7-12-22-16(31-25-12)14-11(2)21-10-30-14/h10-11,14H,3-9H2,1-2H3,(H,23,24). The second kappa shape index (κ2) is 9.04. The number of unbranched alkanes of at least 4 members (excludes halogenated alkanes) is 2. The van der Waals surface area contributed by atoms with Crippen LogP contribution >= 0.6 is 11.6 Å². The second-order valence-electron chi connectivity index (χ2n) is 7.53. The summed E-state index contributed by atoms with van der Waals surface area (Å²) in [5.74, 6) is 0.956. The van der Waals surface area contributed by atoms with E-state index in [2.05, 4.69) is 25.1 Å². The van der Waals surface area contributed by atoms with E-state index in [9.17, 15) is 9.59 Å². The molecule has 0 bridgehead atoms. The summed E-state index contributed by atoms with van der Waals surface area (Å²) in [6.07, 6.45) is 4.59. The van der Waals surface area contributed by atoms with Crippen LogP contribution < -0.4 is 11.2 Å². The first-order valence-electron chi connectivity index (χ1n) is 10.4. The molecule has 0 fully saturated rings. The molecular weight excluding hydrogens is 426 g/mol. The Balaban J connectivity index is 1.44. The van der Waals surface area contributed by atoms with Gasteiger partial charge in [0.1, 0.15) is 0 Å². The normalized spacial score (nSPS) is 18.2. The molecule has 3 aromatic rings. The van der Waals surface area contributed by atoms with E-state index in [0.717, 1.165) is 12.8 Å². The van der Waals surface area contributed by atoms with Crippen molar-refractivity contribution in [2.45, 2.75) is 71.2 Å². The minimum Gasteiger partial charge on any atom is -0.468 e. The summed E-state index contributed by atoms with van der Waals surface area (Å²) in [4.78, 5) is 41.1. The number of H-pyrrole nitrogens is 1. The van der Waals surface area contributed by atoms with E-state index >= 15 is 0 Å². The number of fused-ring (bicyclic) bond motifs is 1. The van der Waals surface area contributed by atoms with E-state index in [-0.39, 0.29) is 35.2 Å². The van der Waals surface area contributed by atoms with Crippen LogP contribution in [0.5, 0.6) is 0 Å². The largest absolute Gasteiger partial charge is 0.468 e. The lowest BCUT2D eigenvalue weighted by molar-refractivity contribution is 0.159. The lowest BCUT2D eigenvalue weighted by Gasteiger charge is -2.10. The van der Waals surface area contributed by atoms with Gasteiger partial charge in [0.15, 0.2) is 23.4 Å².